The topological polar surface area (TPSA) is 113 Å². The van der Waals surface area contributed by atoms with E-state index in [-0.39, 0.29) is 36.0 Å². The molecule has 0 saturated carbocycles. The number of ether oxygens (including phenoxy) is 2. The third-order valence-electron chi connectivity index (χ3n) is 9.06. The third kappa shape index (κ3) is 7.26. The quantitative estimate of drug-likeness (QED) is 0.130. The Bertz CT molecular complexity index is 1440. The minimum atomic E-state index is -0.836. The van der Waals surface area contributed by atoms with E-state index in [4.69, 9.17) is 14.6 Å². The van der Waals surface area contributed by atoms with Gasteiger partial charge in [0, 0.05) is 28.9 Å². The van der Waals surface area contributed by atoms with Crippen LogP contribution in [0.1, 0.15) is 63.9 Å². The van der Waals surface area contributed by atoms with Crippen LogP contribution >= 0.6 is 15.9 Å². The first-order valence-electron chi connectivity index (χ1n) is 15.5. The van der Waals surface area contributed by atoms with Crippen LogP contribution in [0, 0.1) is 17.8 Å². The molecule has 2 N–H and O–H groups in total. The van der Waals surface area contributed by atoms with Gasteiger partial charge in [-0.2, -0.15) is 0 Å². The van der Waals surface area contributed by atoms with Crippen LogP contribution in [-0.4, -0.2) is 58.8 Å². The Morgan fingerprint density at radius 1 is 1.07 bits per heavy atom. The summed E-state index contributed by atoms with van der Waals surface area (Å²) in [5, 5.41) is 19.3. The Morgan fingerprint density at radius 3 is 2.61 bits per heavy atom. The number of para-hydroxylation sites is 1. The second-order valence-corrected chi connectivity index (χ2v) is 12.8. The summed E-state index contributed by atoms with van der Waals surface area (Å²) in [7, 11) is 0. The normalized spacial score (nSPS) is 23.2. The fraction of sp³-hybridized carbons (Fsp3) is 0.457. The first-order chi connectivity index (χ1) is 21.3. The lowest BCUT2D eigenvalue weighted by Gasteiger charge is -2.31. The summed E-state index contributed by atoms with van der Waals surface area (Å²) in [6.45, 7) is 3.14. The van der Waals surface area contributed by atoms with E-state index in [1.807, 2.05) is 48.5 Å². The van der Waals surface area contributed by atoms with E-state index in [1.165, 1.54) is 10.5 Å². The molecule has 3 aliphatic rings. The zero-order valence-electron chi connectivity index (χ0n) is 25.0. The molecule has 0 spiro atoms. The summed E-state index contributed by atoms with van der Waals surface area (Å²) in [6.07, 6.45) is 6.48. The molecule has 234 valence electrons. The van der Waals surface area contributed by atoms with Gasteiger partial charge in [0.2, 0.25) is 11.8 Å². The second-order valence-electron chi connectivity index (χ2n) is 11.9. The van der Waals surface area contributed by atoms with Gasteiger partial charge in [0.15, 0.2) is 0 Å². The zero-order valence-corrected chi connectivity index (χ0v) is 26.6. The van der Waals surface area contributed by atoms with Gasteiger partial charge in [-0.1, -0.05) is 59.1 Å². The molecule has 5 rings (SSSR count). The number of fused-ring (bicyclic) bond motifs is 3. The number of hydrogen-bond donors (Lipinski definition) is 2. The number of rotatable bonds is 14. The number of carboxylic acids is 1. The number of nitrogens with zero attached hydrogens (tertiary/aromatic N) is 1. The number of carbonyl (C=O) groups is 3. The third-order valence-corrected chi connectivity index (χ3v) is 9.55. The predicted molar refractivity (Wildman–Crippen MR) is 170 cm³/mol. The van der Waals surface area contributed by atoms with Gasteiger partial charge in [-0.3, -0.25) is 19.3 Å². The number of halogens is 1. The first-order valence-corrected chi connectivity index (χ1v) is 16.3. The lowest BCUT2D eigenvalue weighted by atomic mass is 9.69. The van der Waals surface area contributed by atoms with Crippen molar-refractivity contribution in [2.45, 2.75) is 64.4 Å². The van der Waals surface area contributed by atoms with Crippen molar-refractivity contribution in [3.05, 3.63) is 75.3 Å². The van der Waals surface area contributed by atoms with Crippen molar-refractivity contribution in [3.63, 3.8) is 0 Å². The molecule has 9 heteroatoms. The maximum Gasteiger partial charge on any atom is 0.303 e. The van der Waals surface area contributed by atoms with Crippen molar-refractivity contribution in [1.82, 2.24) is 4.90 Å². The number of carbonyl (C=O) groups excluding carboxylic acids is 2. The Hall–Kier alpha value is -3.43. The smallest absolute Gasteiger partial charge is 0.303 e. The van der Waals surface area contributed by atoms with Gasteiger partial charge in [0.1, 0.15) is 18.1 Å². The molecular formula is C35H40BrNO7. The summed E-state index contributed by atoms with van der Waals surface area (Å²) in [4.78, 5) is 39.5. The Morgan fingerprint density at radius 2 is 1.86 bits per heavy atom. The molecular weight excluding hydrogens is 626 g/mol. The van der Waals surface area contributed by atoms with Crippen LogP contribution in [0.25, 0.3) is 6.08 Å². The van der Waals surface area contributed by atoms with Crippen LogP contribution in [0.2, 0.25) is 0 Å². The lowest BCUT2D eigenvalue weighted by Crippen LogP contribution is -2.35. The number of aliphatic carboxylic acids is 1. The van der Waals surface area contributed by atoms with Crippen molar-refractivity contribution < 1.29 is 34.1 Å². The number of likely N-dealkylation sites (tertiary alicyclic amines) is 1. The molecule has 2 aromatic rings. The number of amides is 2. The van der Waals surface area contributed by atoms with Crippen molar-refractivity contribution in [3.8, 4) is 11.5 Å². The number of carboxylic acid groups (broad SMARTS) is 1. The maximum absolute atomic E-state index is 13.7. The van der Waals surface area contributed by atoms with E-state index in [2.05, 4.69) is 22.9 Å². The van der Waals surface area contributed by atoms with Gasteiger partial charge >= 0.3 is 5.97 Å². The summed E-state index contributed by atoms with van der Waals surface area (Å²) >= 11 is 3.48. The van der Waals surface area contributed by atoms with E-state index in [0.717, 1.165) is 46.2 Å². The Kier molecular flexibility index (Phi) is 10.6. The number of aromatic hydroxyl groups is 1. The SMILES string of the molecule is CC/C(=C\c1cc(Br)ccc1O)CC[C@H]1OC[C@H]2C1=C(COc1ccccc1)C[C@H]1C(=O)N(CCCCCC(=O)O)C(=O)[C@H]12. The second kappa shape index (κ2) is 14.6. The predicted octanol–water partition coefficient (Wildman–Crippen LogP) is 6.77. The number of allylic oxidation sites excluding steroid dienone is 1. The standard InChI is InChI=1S/C35H40BrNO7/c1-2-22(17-23-18-25(36)13-14-29(23)38)12-15-30-32-24(20-43-26-9-5-3-6-10-26)19-27-33(28(32)21-44-30)35(42)37(34(27)41)16-8-4-7-11-31(39)40/h3,5-6,9-10,13-14,17-18,27-28,30,33,38H,2,4,7-8,11-12,15-16,19-21H2,1H3,(H,39,40)/b22-17+/t27-,28+,30-,33-/m1/s1. The molecule has 4 atom stereocenters. The highest BCUT2D eigenvalue weighted by molar-refractivity contribution is 9.10. The number of hydrogen-bond acceptors (Lipinski definition) is 6. The van der Waals surface area contributed by atoms with Crippen LogP contribution in [0.5, 0.6) is 11.5 Å². The van der Waals surface area contributed by atoms with Crippen LogP contribution in [0.4, 0.5) is 0 Å². The van der Waals surface area contributed by atoms with Crippen LogP contribution < -0.4 is 4.74 Å². The average molecular weight is 667 g/mol. The van der Waals surface area contributed by atoms with Gasteiger partial charge < -0.3 is 19.7 Å². The van der Waals surface area contributed by atoms with Gasteiger partial charge in [0.05, 0.1) is 24.5 Å². The number of phenolic OH excluding ortho intramolecular Hbond substituents is 1. The maximum atomic E-state index is 13.7. The molecule has 0 aromatic heterocycles. The van der Waals surface area contributed by atoms with Gasteiger partial charge in [0.25, 0.3) is 0 Å². The molecule has 2 fully saturated rings. The number of imide groups is 1. The van der Waals surface area contributed by atoms with Crippen molar-refractivity contribution in [2.75, 3.05) is 19.8 Å². The molecule has 0 radical (unpaired) electrons. The minimum absolute atomic E-state index is 0.0883. The van der Waals surface area contributed by atoms with E-state index in [9.17, 15) is 19.5 Å². The number of benzene rings is 2. The highest BCUT2D eigenvalue weighted by atomic mass is 79.9. The molecule has 0 unspecified atom stereocenters. The molecule has 2 aliphatic heterocycles. The molecule has 2 saturated heterocycles. The Balaban J connectivity index is 1.34. The summed E-state index contributed by atoms with van der Waals surface area (Å²) < 4.78 is 13.5. The fourth-order valence-electron chi connectivity index (χ4n) is 6.83. The fourth-order valence-corrected chi connectivity index (χ4v) is 7.21. The minimum Gasteiger partial charge on any atom is -0.507 e. The molecule has 0 bridgehead atoms. The number of unbranched alkanes of at least 4 members (excludes halogenated alkanes) is 2. The number of phenols is 1. The van der Waals surface area contributed by atoms with E-state index < -0.39 is 17.8 Å². The van der Waals surface area contributed by atoms with Crippen molar-refractivity contribution >= 4 is 39.8 Å². The molecule has 44 heavy (non-hydrogen) atoms. The van der Waals surface area contributed by atoms with Gasteiger partial charge in [-0.05, 0) is 80.0 Å². The van der Waals surface area contributed by atoms with E-state index >= 15 is 0 Å². The summed E-state index contributed by atoms with van der Waals surface area (Å²) in [5.41, 5.74) is 4.09. The summed E-state index contributed by atoms with van der Waals surface area (Å²) in [6, 6.07) is 15.0. The van der Waals surface area contributed by atoms with Crippen LogP contribution in [-0.2, 0) is 19.1 Å². The lowest BCUT2D eigenvalue weighted by molar-refractivity contribution is -0.141. The highest BCUT2D eigenvalue weighted by Crippen LogP contribution is 2.50. The van der Waals surface area contributed by atoms with Gasteiger partial charge in [-0.25, -0.2) is 0 Å². The molecule has 8 nitrogen and oxygen atoms in total. The van der Waals surface area contributed by atoms with E-state index in [1.54, 1.807) is 6.07 Å². The monoisotopic (exact) mass is 665 g/mol. The average Bonchev–Trinajstić information content (AvgIpc) is 3.54. The van der Waals surface area contributed by atoms with Crippen LogP contribution in [0.15, 0.2) is 69.7 Å². The molecule has 1 aliphatic carbocycles. The molecule has 2 heterocycles. The Labute approximate surface area is 266 Å². The molecule has 2 amide bonds. The van der Waals surface area contributed by atoms with Crippen molar-refractivity contribution in [2.24, 2.45) is 17.8 Å². The highest BCUT2D eigenvalue weighted by Gasteiger charge is 2.56. The van der Waals surface area contributed by atoms with Gasteiger partial charge in [-0.15, -0.1) is 0 Å². The van der Waals surface area contributed by atoms with Crippen molar-refractivity contribution in [1.29, 1.82) is 0 Å². The summed E-state index contributed by atoms with van der Waals surface area (Å²) in [5.74, 6) is -1.18. The van der Waals surface area contributed by atoms with Crippen LogP contribution in [0.3, 0.4) is 0 Å². The van der Waals surface area contributed by atoms with E-state index in [0.29, 0.717) is 45.4 Å². The zero-order chi connectivity index (χ0) is 31.2. The first kappa shape index (κ1) is 32.0. The largest absolute Gasteiger partial charge is 0.507 e. The molecule has 2 aromatic carbocycles.